The maximum absolute atomic E-state index is 10.6. The van der Waals surface area contributed by atoms with Crippen LogP contribution in [0, 0.1) is 10.1 Å². The molecule has 0 aliphatic heterocycles. The van der Waals surface area contributed by atoms with E-state index < -0.39 is 4.92 Å². The van der Waals surface area contributed by atoms with Crippen LogP contribution in [-0.4, -0.2) is 14.9 Å². The van der Waals surface area contributed by atoms with Crippen molar-refractivity contribution in [3.63, 3.8) is 0 Å². The van der Waals surface area contributed by atoms with Crippen molar-refractivity contribution in [1.82, 2.24) is 9.97 Å². The molecule has 6 heteroatoms. The first-order valence-corrected chi connectivity index (χ1v) is 4.71. The summed E-state index contributed by atoms with van der Waals surface area (Å²) in [6, 6.07) is 1.67. The van der Waals surface area contributed by atoms with Gasteiger partial charge in [-0.1, -0.05) is 0 Å². The lowest BCUT2D eigenvalue weighted by Gasteiger charge is -1.94. The molecule has 14 heavy (non-hydrogen) atoms. The summed E-state index contributed by atoms with van der Waals surface area (Å²) in [6.45, 7) is 0. The quantitative estimate of drug-likeness (QED) is 0.558. The third-order valence-corrected chi connectivity index (χ3v) is 2.38. The second kappa shape index (κ2) is 3.51. The van der Waals surface area contributed by atoms with Crippen molar-refractivity contribution in [3.8, 4) is 11.4 Å². The minimum Gasteiger partial charge on any atom is -0.258 e. The van der Waals surface area contributed by atoms with Crippen molar-refractivity contribution >= 4 is 17.0 Å². The highest BCUT2D eigenvalue weighted by molar-refractivity contribution is 7.08. The van der Waals surface area contributed by atoms with Gasteiger partial charge in [-0.15, -0.1) is 11.3 Å². The van der Waals surface area contributed by atoms with Gasteiger partial charge in [0.2, 0.25) is 0 Å². The molecule has 0 aliphatic rings. The average molecular weight is 207 g/mol. The zero-order valence-electron chi connectivity index (χ0n) is 6.95. The Bertz CT molecular complexity index is 455. The number of thiophene rings is 1. The molecule has 0 aromatic carbocycles. The topological polar surface area (TPSA) is 68.9 Å². The molecule has 0 saturated carbocycles. The van der Waals surface area contributed by atoms with Crippen LogP contribution >= 0.6 is 11.3 Å². The normalized spacial score (nSPS) is 10.0. The van der Waals surface area contributed by atoms with Gasteiger partial charge in [0.1, 0.15) is 5.56 Å². The summed E-state index contributed by atoms with van der Waals surface area (Å²) in [5.41, 5.74) is 0.529. The van der Waals surface area contributed by atoms with Gasteiger partial charge in [-0.2, -0.15) is 0 Å². The molecule has 0 amide bonds. The minimum absolute atomic E-state index is 0.0567. The molecule has 0 aliphatic carbocycles. The summed E-state index contributed by atoms with van der Waals surface area (Å²) in [5.74, 6) is 0.389. The highest BCUT2D eigenvalue weighted by atomic mass is 32.1. The van der Waals surface area contributed by atoms with E-state index in [0.29, 0.717) is 11.4 Å². The van der Waals surface area contributed by atoms with Crippen LogP contribution in [-0.2, 0) is 0 Å². The fraction of sp³-hybridized carbons (Fsp3) is 0. The van der Waals surface area contributed by atoms with Crippen LogP contribution in [0.3, 0.4) is 0 Å². The first kappa shape index (κ1) is 8.76. The summed E-state index contributed by atoms with van der Waals surface area (Å²) in [5, 5.41) is 13.8. The predicted molar refractivity (Wildman–Crippen MR) is 52.0 cm³/mol. The summed E-state index contributed by atoms with van der Waals surface area (Å²) in [6.07, 6.45) is 3.12. The lowest BCUT2D eigenvalue weighted by atomic mass is 10.3. The van der Waals surface area contributed by atoms with Gasteiger partial charge in [-0.25, -0.2) is 9.97 Å². The first-order chi connectivity index (χ1) is 6.79. The Morgan fingerprint density at radius 1 is 1.29 bits per heavy atom. The van der Waals surface area contributed by atoms with Crippen molar-refractivity contribution in [2.24, 2.45) is 0 Å². The van der Waals surface area contributed by atoms with E-state index >= 15 is 0 Å². The molecule has 0 bridgehead atoms. The third-order valence-electron chi connectivity index (χ3n) is 1.64. The Morgan fingerprint density at radius 2 is 2.00 bits per heavy atom. The number of rotatable bonds is 2. The number of hydrogen-bond donors (Lipinski definition) is 0. The number of nitrogens with zero attached hydrogens (tertiary/aromatic N) is 3. The van der Waals surface area contributed by atoms with Crippen LogP contribution in [0.5, 0.6) is 0 Å². The van der Waals surface area contributed by atoms with Crippen molar-refractivity contribution in [1.29, 1.82) is 0 Å². The summed E-state index contributed by atoms with van der Waals surface area (Å²) < 4.78 is 0. The lowest BCUT2D eigenvalue weighted by molar-refractivity contribution is -0.383. The molecule has 2 aromatic heterocycles. The average Bonchev–Trinajstić information content (AvgIpc) is 2.67. The molecular formula is C8H5N3O2S. The van der Waals surface area contributed by atoms with E-state index in [9.17, 15) is 10.1 Å². The monoisotopic (exact) mass is 207 g/mol. The van der Waals surface area contributed by atoms with Gasteiger partial charge in [0.05, 0.1) is 10.3 Å². The molecule has 0 fully saturated rings. The smallest absolute Gasteiger partial charge is 0.258 e. The van der Waals surface area contributed by atoms with Crippen LogP contribution in [0.25, 0.3) is 11.4 Å². The molecule has 0 N–H and O–H groups in total. The fourth-order valence-electron chi connectivity index (χ4n) is 1.04. The molecule has 0 saturated heterocycles. The molecule has 0 unspecified atom stereocenters. The first-order valence-electron chi connectivity index (χ1n) is 3.77. The highest BCUT2D eigenvalue weighted by Crippen LogP contribution is 2.30. The molecule has 0 atom stereocenters. The van der Waals surface area contributed by atoms with E-state index in [0.717, 1.165) is 0 Å². The van der Waals surface area contributed by atoms with E-state index in [1.807, 2.05) is 0 Å². The zero-order chi connectivity index (χ0) is 9.97. The van der Waals surface area contributed by atoms with Crippen LogP contribution in [0.2, 0.25) is 0 Å². The SMILES string of the molecule is O=[N+]([O-])c1cscc1-c1ncccn1. The van der Waals surface area contributed by atoms with Crippen LogP contribution in [0.15, 0.2) is 29.2 Å². The van der Waals surface area contributed by atoms with Gasteiger partial charge in [-0.3, -0.25) is 10.1 Å². The van der Waals surface area contributed by atoms with Crippen molar-refractivity contribution in [2.45, 2.75) is 0 Å². The maximum atomic E-state index is 10.6. The molecule has 70 valence electrons. The van der Waals surface area contributed by atoms with Gasteiger partial charge in [0, 0.05) is 17.8 Å². The molecule has 2 heterocycles. The Hall–Kier alpha value is -1.82. The van der Waals surface area contributed by atoms with E-state index in [2.05, 4.69) is 9.97 Å². The second-order valence-electron chi connectivity index (χ2n) is 2.50. The van der Waals surface area contributed by atoms with E-state index in [-0.39, 0.29) is 5.69 Å². The predicted octanol–water partition coefficient (Wildman–Crippen LogP) is 2.11. The maximum Gasteiger partial charge on any atom is 0.291 e. The molecule has 0 spiro atoms. The van der Waals surface area contributed by atoms with Gasteiger partial charge < -0.3 is 0 Å². The molecule has 2 aromatic rings. The molecule has 5 nitrogen and oxygen atoms in total. The Labute approximate surface area is 83.2 Å². The number of nitro groups is 1. The molecular weight excluding hydrogens is 202 g/mol. The van der Waals surface area contributed by atoms with Gasteiger partial charge in [0.25, 0.3) is 5.69 Å². The summed E-state index contributed by atoms with van der Waals surface area (Å²) in [4.78, 5) is 18.1. The standard InChI is InChI=1S/C8H5N3O2S/c12-11(13)7-5-14-4-6(7)8-9-2-1-3-10-8/h1-5H. The fourth-order valence-corrected chi connectivity index (χ4v) is 1.81. The largest absolute Gasteiger partial charge is 0.291 e. The third kappa shape index (κ3) is 1.47. The van der Waals surface area contributed by atoms with Crippen molar-refractivity contribution in [2.75, 3.05) is 0 Å². The van der Waals surface area contributed by atoms with E-state index in [1.54, 1.807) is 23.8 Å². The Morgan fingerprint density at radius 3 is 2.64 bits per heavy atom. The highest BCUT2D eigenvalue weighted by Gasteiger charge is 2.17. The number of hydrogen-bond acceptors (Lipinski definition) is 5. The second-order valence-corrected chi connectivity index (χ2v) is 3.24. The van der Waals surface area contributed by atoms with Crippen molar-refractivity contribution < 1.29 is 4.92 Å². The zero-order valence-corrected chi connectivity index (χ0v) is 7.77. The number of aromatic nitrogens is 2. The molecule has 2 rings (SSSR count). The Balaban J connectivity index is 2.52. The van der Waals surface area contributed by atoms with Gasteiger partial charge in [-0.05, 0) is 6.07 Å². The van der Waals surface area contributed by atoms with Crippen molar-refractivity contribution in [3.05, 3.63) is 39.3 Å². The molecule has 0 radical (unpaired) electrons. The van der Waals surface area contributed by atoms with Crippen LogP contribution in [0.4, 0.5) is 5.69 Å². The van der Waals surface area contributed by atoms with E-state index in [1.165, 1.54) is 16.7 Å². The minimum atomic E-state index is -0.428. The van der Waals surface area contributed by atoms with Gasteiger partial charge in [0.15, 0.2) is 5.82 Å². The van der Waals surface area contributed by atoms with Crippen LogP contribution < -0.4 is 0 Å². The summed E-state index contributed by atoms with van der Waals surface area (Å²) in [7, 11) is 0. The Kier molecular flexibility index (Phi) is 2.19. The van der Waals surface area contributed by atoms with Crippen LogP contribution in [0.1, 0.15) is 0 Å². The van der Waals surface area contributed by atoms with E-state index in [4.69, 9.17) is 0 Å². The van der Waals surface area contributed by atoms with Gasteiger partial charge >= 0.3 is 0 Å². The lowest BCUT2D eigenvalue weighted by Crippen LogP contribution is -1.91. The summed E-state index contributed by atoms with van der Waals surface area (Å²) >= 11 is 1.27.